The Morgan fingerprint density at radius 1 is 1.00 bits per heavy atom. The number of alkyl halides is 9. The van der Waals surface area contributed by atoms with E-state index in [0.29, 0.717) is 22.3 Å². The number of carbonyl (C=O) groups is 2. The van der Waals surface area contributed by atoms with Gasteiger partial charge in [0.05, 0.1) is 26.4 Å². The van der Waals surface area contributed by atoms with Crippen molar-refractivity contribution in [2.24, 2.45) is 5.92 Å². The highest BCUT2D eigenvalue weighted by molar-refractivity contribution is 7.17. The molecule has 0 unspecified atom stereocenters. The third-order valence-electron chi connectivity index (χ3n) is 5.87. The predicted octanol–water partition coefficient (Wildman–Crippen LogP) is 5.56. The van der Waals surface area contributed by atoms with Gasteiger partial charge >= 0.3 is 18.5 Å². The molecule has 1 fully saturated rings. The summed E-state index contributed by atoms with van der Waals surface area (Å²) in [6.07, 6.45) is -17.2. The van der Waals surface area contributed by atoms with E-state index in [1.807, 2.05) is 0 Å². The van der Waals surface area contributed by atoms with Gasteiger partial charge in [0, 0.05) is 30.8 Å². The molecule has 0 aliphatic carbocycles. The molecule has 0 saturated carbocycles. The molecule has 7 nitrogen and oxygen atoms in total. The van der Waals surface area contributed by atoms with Crippen LogP contribution >= 0.6 is 34.5 Å². The summed E-state index contributed by atoms with van der Waals surface area (Å²) in [4.78, 5) is 29.8. The first kappa shape index (κ1) is 33.2. The van der Waals surface area contributed by atoms with Crippen LogP contribution in [0.4, 0.5) is 39.5 Å². The van der Waals surface area contributed by atoms with Gasteiger partial charge in [-0.15, -0.1) is 11.3 Å². The lowest BCUT2D eigenvalue weighted by molar-refractivity contribution is -0.376. The minimum Gasteiger partial charge on any atom is -0.389 e. The van der Waals surface area contributed by atoms with Gasteiger partial charge in [0.1, 0.15) is 5.69 Å². The van der Waals surface area contributed by atoms with Crippen LogP contribution in [0.1, 0.15) is 39.7 Å². The third kappa shape index (κ3) is 6.38. The molecule has 41 heavy (non-hydrogen) atoms. The van der Waals surface area contributed by atoms with Crippen molar-refractivity contribution in [3.8, 4) is 10.4 Å². The fraction of sp³-hybridized carbons (Fsp3) is 0.500. The summed E-state index contributed by atoms with van der Waals surface area (Å²) in [5, 5.41) is 18.9. The molecule has 0 bridgehead atoms. The second kappa shape index (κ2) is 10.7. The van der Waals surface area contributed by atoms with E-state index in [1.54, 1.807) is 0 Å². The summed E-state index contributed by atoms with van der Waals surface area (Å²) in [5.41, 5.74) is -9.92. The smallest absolute Gasteiger partial charge is 0.389 e. The molecule has 0 spiro atoms. The fourth-order valence-electron chi connectivity index (χ4n) is 3.59. The minimum atomic E-state index is -6.30. The van der Waals surface area contributed by atoms with Gasteiger partial charge in [-0.2, -0.15) is 39.5 Å². The van der Waals surface area contributed by atoms with E-state index in [-0.39, 0.29) is 12.6 Å². The van der Waals surface area contributed by atoms with Crippen molar-refractivity contribution < 1.29 is 59.3 Å². The van der Waals surface area contributed by atoms with Gasteiger partial charge < -0.3 is 20.4 Å². The van der Waals surface area contributed by atoms with Crippen LogP contribution in [0.25, 0.3) is 10.4 Å². The summed E-state index contributed by atoms with van der Waals surface area (Å²) < 4.78 is 119. The molecule has 0 radical (unpaired) electrons. The second-order valence-electron chi connectivity index (χ2n) is 9.64. The van der Waals surface area contributed by atoms with Crippen molar-refractivity contribution in [3.05, 3.63) is 38.4 Å². The number of thiazole rings is 1. The zero-order chi connectivity index (χ0) is 31.5. The normalized spacial score (nSPS) is 15.6. The molecule has 0 atom stereocenters. The van der Waals surface area contributed by atoms with Crippen LogP contribution in [0, 0.1) is 5.92 Å². The number of hydrogen-bond donors (Lipinski definition) is 3. The lowest BCUT2D eigenvalue weighted by Crippen LogP contribution is -2.55. The molecule has 1 aromatic carbocycles. The Kier molecular flexibility index (Phi) is 8.68. The van der Waals surface area contributed by atoms with E-state index in [2.05, 4.69) is 10.3 Å². The van der Waals surface area contributed by atoms with Crippen molar-refractivity contribution in [1.29, 1.82) is 0 Å². The average Bonchev–Trinajstić information content (AvgIpc) is 3.20. The molecule has 2 heterocycles. The zero-order valence-corrected chi connectivity index (χ0v) is 22.9. The summed E-state index contributed by atoms with van der Waals surface area (Å²) in [7, 11) is 0. The molecular formula is C22H18Cl2F9N3O4S. The maximum Gasteiger partial charge on any atom is 0.430 e. The van der Waals surface area contributed by atoms with Gasteiger partial charge in [-0.1, -0.05) is 35.3 Å². The fourth-order valence-corrected chi connectivity index (χ4v) is 5.21. The van der Waals surface area contributed by atoms with Crippen LogP contribution < -0.4 is 5.32 Å². The van der Waals surface area contributed by atoms with Gasteiger partial charge in [0.15, 0.2) is 5.01 Å². The molecule has 1 aliphatic rings. The Labute approximate surface area is 238 Å². The Morgan fingerprint density at radius 2 is 1.54 bits per heavy atom. The van der Waals surface area contributed by atoms with Crippen LogP contribution in [0.3, 0.4) is 0 Å². The standard InChI is InChI=1S/C22H18Cl2F9N3O4S/c1-18(2,39)7-34-15(37)16-35-13(17(38)36-5-8(6-36)20(25,26)27)14(41-16)9-3-4-10(12(24)11(9)23)19(40,21(28,29)30)22(31,32)33/h3-4,8,39-40H,5-7H2,1-2H3,(H,34,37). The number of carbonyl (C=O) groups excluding carboxylic acids is 2. The number of aromatic nitrogens is 1. The Hall–Kier alpha value is -2.34. The van der Waals surface area contributed by atoms with E-state index in [0.717, 1.165) is 0 Å². The number of likely N-dealkylation sites (tertiary alicyclic amines) is 1. The molecule has 3 N–H and O–H groups in total. The molecule has 2 aromatic rings. The highest BCUT2D eigenvalue weighted by Gasteiger charge is 2.72. The molecule has 3 rings (SSSR count). The highest BCUT2D eigenvalue weighted by atomic mass is 35.5. The maximum absolute atomic E-state index is 13.4. The van der Waals surface area contributed by atoms with E-state index in [1.165, 1.54) is 13.8 Å². The number of benzene rings is 1. The Bertz CT molecular complexity index is 1330. The highest BCUT2D eigenvalue weighted by Crippen LogP contribution is 2.54. The number of halogens is 11. The molecule has 1 aromatic heterocycles. The van der Waals surface area contributed by atoms with Gasteiger partial charge in [-0.25, -0.2) is 4.98 Å². The minimum absolute atomic E-state index is 0.163. The van der Waals surface area contributed by atoms with Crippen molar-refractivity contribution in [2.45, 2.75) is 43.6 Å². The molecular weight excluding hydrogens is 644 g/mol. The van der Waals surface area contributed by atoms with Crippen LogP contribution in [0.2, 0.25) is 10.0 Å². The number of hydrogen-bond acceptors (Lipinski definition) is 6. The third-order valence-corrected chi connectivity index (χ3v) is 7.84. The van der Waals surface area contributed by atoms with Crippen molar-refractivity contribution in [3.63, 3.8) is 0 Å². The van der Waals surface area contributed by atoms with Crippen LogP contribution in [-0.4, -0.2) is 75.7 Å². The second-order valence-corrected chi connectivity index (χ2v) is 11.4. The van der Waals surface area contributed by atoms with Crippen LogP contribution in [0.5, 0.6) is 0 Å². The quantitative estimate of drug-likeness (QED) is 0.352. The lowest BCUT2D eigenvalue weighted by atomic mass is 9.91. The first-order chi connectivity index (χ1) is 18.4. The Morgan fingerprint density at radius 3 is 2.00 bits per heavy atom. The van der Waals surface area contributed by atoms with Crippen molar-refractivity contribution >= 4 is 46.4 Å². The van der Waals surface area contributed by atoms with Crippen molar-refractivity contribution in [2.75, 3.05) is 19.6 Å². The number of nitrogens with zero attached hydrogens (tertiary/aromatic N) is 2. The Balaban J connectivity index is 2.14. The van der Waals surface area contributed by atoms with Crippen molar-refractivity contribution in [1.82, 2.24) is 15.2 Å². The zero-order valence-electron chi connectivity index (χ0n) is 20.5. The molecule has 228 valence electrons. The SMILES string of the molecule is CC(C)(O)CNC(=O)c1nc(C(=O)N2CC(C(F)(F)F)C2)c(-c2ccc(C(O)(C(F)(F)F)C(F)(F)F)c(Cl)c2Cl)s1. The van der Waals surface area contributed by atoms with E-state index in [9.17, 15) is 59.3 Å². The van der Waals surface area contributed by atoms with Gasteiger partial charge in [0.25, 0.3) is 17.4 Å². The number of nitrogens with one attached hydrogen (secondary N) is 1. The summed E-state index contributed by atoms with van der Waals surface area (Å²) in [6.45, 7) is 0.790. The number of rotatable bonds is 6. The summed E-state index contributed by atoms with van der Waals surface area (Å²) in [5.74, 6) is -3.98. The lowest BCUT2D eigenvalue weighted by Gasteiger charge is -2.39. The largest absolute Gasteiger partial charge is 0.430 e. The first-order valence-electron chi connectivity index (χ1n) is 11.1. The topological polar surface area (TPSA) is 103 Å². The maximum atomic E-state index is 13.4. The van der Waals surface area contributed by atoms with Gasteiger partial charge in [-0.3, -0.25) is 9.59 Å². The molecule has 1 aliphatic heterocycles. The van der Waals surface area contributed by atoms with E-state index >= 15 is 0 Å². The monoisotopic (exact) mass is 661 g/mol. The molecule has 19 heteroatoms. The van der Waals surface area contributed by atoms with E-state index in [4.69, 9.17) is 23.2 Å². The molecule has 1 saturated heterocycles. The van der Waals surface area contributed by atoms with Crippen LogP contribution in [-0.2, 0) is 5.60 Å². The average molecular weight is 662 g/mol. The van der Waals surface area contributed by atoms with Gasteiger partial charge in [0.2, 0.25) is 0 Å². The van der Waals surface area contributed by atoms with E-state index < -0.39 is 97.3 Å². The predicted molar refractivity (Wildman–Crippen MR) is 128 cm³/mol. The first-order valence-corrected chi connectivity index (χ1v) is 12.7. The number of amides is 2. The number of aliphatic hydroxyl groups is 2. The summed E-state index contributed by atoms with van der Waals surface area (Å²) >= 11 is 12.2. The van der Waals surface area contributed by atoms with Crippen LogP contribution in [0.15, 0.2) is 12.1 Å². The summed E-state index contributed by atoms with van der Waals surface area (Å²) in [6, 6.07) is 0.722. The molecule has 2 amide bonds. The van der Waals surface area contributed by atoms with Gasteiger partial charge in [-0.05, 0) is 13.8 Å².